The van der Waals surface area contributed by atoms with Gasteiger partial charge in [-0.1, -0.05) is 6.07 Å². The van der Waals surface area contributed by atoms with Crippen LogP contribution in [-0.4, -0.2) is 67.2 Å². The molecule has 1 aromatic rings. The summed E-state index contributed by atoms with van der Waals surface area (Å²) in [5.41, 5.74) is -0.305. The van der Waals surface area contributed by atoms with Crippen LogP contribution in [0.1, 0.15) is 19.3 Å². The van der Waals surface area contributed by atoms with Crippen molar-refractivity contribution in [2.24, 2.45) is 0 Å². The molecule has 0 radical (unpaired) electrons. The third-order valence-electron chi connectivity index (χ3n) is 4.97. The number of carbonyl (C=O) groups is 1. The van der Waals surface area contributed by atoms with Gasteiger partial charge in [0.15, 0.2) is 0 Å². The summed E-state index contributed by atoms with van der Waals surface area (Å²) in [4.78, 5) is 24.3. The van der Waals surface area contributed by atoms with E-state index < -0.39 is 14.9 Å². The van der Waals surface area contributed by atoms with Gasteiger partial charge >= 0.3 is 0 Å². The number of sulfonamides is 1. The van der Waals surface area contributed by atoms with Gasteiger partial charge in [0.2, 0.25) is 15.9 Å². The number of likely N-dealkylation sites (N-methyl/N-ethyl adjacent to an activating group) is 1. The Kier molecular flexibility index (Phi) is 5.26. The lowest BCUT2D eigenvalue weighted by molar-refractivity contribution is -0.385. The van der Waals surface area contributed by atoms with Crippen LogP contribution in [0.4, 0.5) is 5.69 Å². The molecule has 2 bridgehead atoms. The standard InChI is InChI=1S/C16H22N4O5S/c1-18(26(24,25)15-4-2-3-14(9-15)20(22)23)11-16(21)19-8-7-12-5-6-13(10-19)17-12/h2-4,9,12-13,17H,5-8,10-11H2,1H3. The topological polar surface area (TPSA) is 113 Å². The number of amides is 1. The highest BCUT2D eigenvalue weighted by molar-refractivity contribution is 7.89. The molecule has 26 heavy (non-hydrogen) atoms. The van der Waals surface area contributed by atoms with Crippen LogP contribution in [0.25, 0.3) is 0 Å². The smallest absolute Gasteiger partial charge is 0.270 e. The maximum atomic E-state index is 12.6. The van der Waals surface area contributed by atoms with Crippen molar-refractivity contribution in [2.75, 3.05) is 26.7 Å². The van der Waals surface area contributed by atoms with E-state index in [1.807, 2.05) is 0 Å². The van der Waals surface area contributed by atoms with Crippen LogP contribution in [0.2, 0.25) is 0 Å². The molecule has 2 heterocycles. The van der Waals surface area contributed by atoms with Gasteiger partial charge in [0.25, 0.3) is 5.69 Å². The van der Waals surface area contributed by atoms with Crippen molar-refractivity contribution < 1.29 is 18.1 Å². The minimum atomic E-state index is -3.98. The molecule has 0 aliphatic carbocycles. The first-order valence-corrected chi connectivity index (χ1v) is 9.96. The summed E-state index contributed by atoms with van der Waals surface area (Å²) in [5.74, 6) is -0.254. The number of nitro groups is 1. The SMILES string of the molecule is CN(CC(=O)N1CCC2CCC(C1)N2)S(=O)(=O)c1cccc([N+](=O)[O-])c1. The number of nitrogens with zero attached hydrogens (tertiary/aromatic N) is 3. The quantitative estimate of drug-likeness (QED) is 0.588. The number of benzene rings is 1. The van der Waals surface area contributed by atoms with Crippen molar-refractivity contribution in [3.8, 4) is 0 Å². The van der Waals surface area contributed by atoms with Gasteiger partial charge in [-0.3, -0.25) is 14.9 Å². The van der Waals surface area contributed by atoms with Crippen LogP contribution in [0.5, 0.6) is 0 Å². The van der Waals surface area contributed by atoms with Crippen molar-refractivity contribution >= 4 is 21.6 Å². The van der Waals surface area contributed by atoms with E-state index in [2.05, 4.69) is 5.32 Å². The fourth-order valence-corrected chi connectivity index (χ4v) is 4.64. The summed E-state index contributed by atoms with van der Waals surface area (Å²) in [6, 6.07) is 5.54. The summed E-state index contributed by atoms with van der Waals surface area (Å²) in [5, 5.41) is 14.3. The number of non-ortho nitro benzene ring substituents is 1. The predicted molar refractivity (Wildman–Crippen MR) is 94.1 cm³/mol. The first-order valence-electron chi connectivity index (χ1n) is 8.52. The van der Waals surface area contributed by atoms with Crippen LogP contribution >= 0.6 is 0 Å². The van der Waals surface area contributed by atoms with Gasteiger partial charge in [0.1, 0.15) is 0 Å². The number of rotatable bonds is 5. The molecule has 2 aliphatic rings. The van der Waals surface area contributed by atoms with Gasteiger partial charge in [0, 0.05) is 44.4 Å². The maximum Gasteiger partial charge on any atom is 0.270 e. The number of fused-ring (bicyclic) bond motifs is 2. The molecule has 2 atom stereocenters. The van der Waals surface area contributed by atoms with Crippen molar-refractivity contribution in [3.05, 3.63) is 34.4 Å². The van der Waals surface area contributed by atoms with Crippen LogP contribution in [0.15, 0.2) is 29.2 Å². The van der Waals surface area contributed by atoms with E-state index in [0.29, 0.717) is 19.1 Å². The number of carbonyl (C=O) groups excluding carboxylic acids is 1. The van der Waals surface area contributed by atoms with E-state index in [1.54, 1.807) is 4.90 Å². The molecule has 1 aromatic carbocycles. The van der Waals surface area contributed by atoms with E-state index in [1.165, 1.54) is 25.2 Å². The number of likely N-dealkylation sites (tertiary alicyclic amines) is 1. The minimum absolute atomic E-state index is 0.196. The second-order valence-electron chi connectivity index (χ2n) is 6.78. The molecular weight excluding hydrogens is 360 g/mol. The lowest BCUT2D eigenvalue weighted by atomic mass is 10.1. The van der Waals surface area contributed by atoms with Crippen molar-refractivity contribution in [1.82, 2.24) is 14.5 Å². The molecular formula is C16H22N4O5S. The van der Waals surface area contributed by atoms with Gasteiger partial charge in [-0.2, -0.15) is 4.31 Å². The monoisotopic (exact) mass is 382 g/mol. The first-order chi connectivity index (χ1) is 12.3. The molecule has 9 nitrogen and oxygen atoms in total. The van der Waals surface area contributed by atoms with E-state index in [-0.39, 0.29) is 29.1 Å². The molecule has 0 spiro atoms. The zero-order chi connectivity index (χ0) is 18.9. The molecule has 2 saturated heterocycles. The third kappa shape index (κ3) is 3.87. The Morgan fingerprint density at radius 1 is 1.35 bits per heavy atom. The van der Waals surface area contributed by atoms with Crippen LogP contribution in [-0.2, 0) is 14.8 Å². The highest BCUT2D eigenvalue weighted by atomic mass is 32.2. The Morgan fingerprint density at radius 2 is 2.08 bits per heavy atom. The van der Waals surface area contributed by atoms with Crippen molar-refractivity contribution in [3.63, 3.8) is 0 Å². The third-order valence-corrected chi connectivity index (χ3v) is 6.77. The Balaban J connectivity index is 1.70. The molecule has 0 aromatic heterocycles. The first kappa shape index (κ1) is 18.7. The van der Waals surface area contributed by atoms with Crippen molar-refractivity contribution in [2.45, 2.75) is 36.2 Å². The fraction of sp³-hybridized carbons (Fsp3) is 0.562. The molecule has 2 aliphatic heterocycles. The second-order valence-corrected chi connectivity index (χ2v) is 8.83. The molecule has 1 N–H and O–H groups in total. The molecule has 142 valence electrons. The number of hydrogen-bond donors (Lipinski definition) is 1. The largest absolute Gasteiger partial charge is 0.340 e. The maximum absolute atomic E-state index is 12.6. The van der Waals surface area contributed by atoms with Gasteiger partial charge in [0.05, 0.1) is 16.4 Å². The average molecular weight is 382 g/mol. The predicted octanol–water partition coefficient (Wildman–Crippen LogP) is 0.568. The Hall–Kier alpha value is -2.04. The number of hydrogen-bond acceptors (Lipinski definition) is 6. The van der Waals surface area contributed by atoms with E-state index in [4.69, 9.17) is 0 Å². The lowest BCUT2D eigenvalue weighted by Crippen LogP contribution is -2.44. The summed E-state index contributed by atoms with van der Waals surface area (Å²) < 4.78 is 26.2. The van der Waals surface area contributed by atoms with Crippen molar-refractivity contribution in [1.29, 1.82) is 0 Å². The van der Waals surface area contributed by atoms with E-state index >= 15 is 0 Å². The molecule has 2 fully saturated rings. The highest BCUT2D eigenvalue weighted by Crippen LogP contribution is 2.22. The van der Waals surface area contributed by atoms with Crippen LogP contribution in [0.3, 0.4) is 0 Å². The molecule has 0 saturated carbocycles. The molecule has 1 amide bonds. The number of nitrogens with one attached hydrogen (secondary N) is 1. The van der Waals surface area contributed by atoms with Gasteiger partial charge in [-0.25, -0.2) is 8.42 Å². The Morgan fingerprint density at radius 3 is 2.81 bits per heavy atom. The molecule has 2 unspecified atom stereocenters. The minimum Gasteiger partial charge on any atom is -0.340 e. The van der Waals surface area contributed by atoms with Crippen LogP contribution in [0, 0.1) is 10.1 Å². The molecule has 3 rings (SSSR count). The summed E-state index contributed by atoms with van der Waals surface area (Å²) in [7, 11) is -2.67. The van der Waals surface area contributed by atoms with Crippen LogP contribution < -0.4 is 5.32 Å². The Bertz CT molecular complexity index is 813. The van der Waals surface area contributed by atoms with Gasteiger partial charge in [-0.15, -0.1) is 0 Å². The summed E-state index contributed by atoms with van der Waals surface area (Å²) >= 11 is 0. The molecule has 10 heteroatoms. The zero-order valence-corrected chi connectivity index (χ0v) is 15.3. The lowest BCUT2D eigenvalue weighted by Gasteiger charge is -2.26. The fourth-order valence-electron chi connectivity index (χ4n) is 3.48. The normalized spacial score (nSPS) is 23.1. The summed E-state index contributed by atoms with van der Waals surface area (Å²) in [6.07, 6.45) is 3.01. The van der Waals surface area contributed by atoms with Gasteiger partial charge in [-0.05, 0) is 25.3 Å². The zero-order valence-electron chi connectivity index (χ0n) is 14.5. The average Bonchev–Trinajstić information content (AvgIpc) is 2.93. The van der Waals surface area contributed by atoms with E-state index in [9.17, 15) is 23.3 Å². The Labute approximate surface area is 152 Å². The second kappa shape index (κ2) is 7.29. The van der Waals surface area contributed by atoms with E-state index in [0.717, 1.165) is 29.6 Å². The number of nitro benzene ring substituents is 1. The highest BCUT2D eigenvalue weighted by Gasteiger charge is 2.32. The van der Waals surface area contributed by atoms with Gasteiger partial charge < -0.3 is 10.2 Å². The summed E-state index contributed by atoms with van der Waals surface area (Å²) in [6.45, 7) is 0.903.